The minimum atomic E-state index is 0.520. The van der Waals surface area contributed by atoms with Crippen molar-refractivity contribution in [2.24, 2.45) is 5.16 Å². The maximum Gasteiger partial charge on any atom is 0.118 e. The van der Waals surface area contributed by atoms with Crippen LogP contribution in [0.5, 0.6) is 5.75 Å². The maximum absolute atomic E-state index is 8.50. The molecule has 0 amide bonds. The molecule has 1 aliphatic rings. The lowest BCUT2D eigenvalue weighted by Gasteiger charge is -2.26. The fraction of sp³-hybridized carbons (Fsp3) is 0.364. The molecular formula is C11H13NO2. The third kappa shape index (κ3) is 1.58. The summed E-state index contributed by atoms with van der Waals surface area (Å²) in [6.07, 6.45) is 1.76. The van der Waals surface area contributed by atoms with Gasteiger partial charge in [-0.15, -0.1) is 0 Å². The molecule has 1 saturated carbocycles. The van der Waals surface area contributed by atoms with Gasteiger partial charge in [0.1, 0.15) is 5.75 Å². The Balaban J connectivity index is 2.04. The van der Waals surface area contributed by atoms with Gasteiger partial charge < -0.3 is 9.94 Å². The molecule has 1 fully saturated rings. The number of methoxy groups -OCH3 is 1. The molecule has 0 aromatic heterocycles. The fourth-order valence-electron chi connectivity index (χ4n) is 1.70. The van der Waals surface area contributed by atoms with Gasteiger partial charge in [-0.2, -0.15) is 0 Å². The van der Waals surface area contributed by atoms with Crippen molar-refractivity contribution < 1.29 is 9.94 Å². The Bertz CT molecular complexity index is 335. The molecule has 0 aliphatic heterocycles. The second-order valence-electron chi connectivity index (χ2n) is 3.54. The first-order chi connectivity index (χ1) is 6.83. The number of ether oxygens (including phenoxy) is 1. The van der Waals surface area contributed by atoms with Gasteiger partial charge in [-0.3, -0.25) is 0 Å². The van der Waals surface area contributed by atoms with E-state index in [0.717, 1.165) is 24.3 Å². The summed E-state index contributed by atoms with van der Waals surface area (Å²) in [5.41, 5.74) is 2.18. The van der Waals surface area contributed by atoms with Crippen molar-refractivity contribution in [1.29, 1.82) is 0 Å². The highest BCUT2D eigenvalue weighted by atomic mass is 16.5. The summed E-state index contributed by atoms with van der Waals surface area (Å²) in [7, 11) is 1.66. The summed E-state index contributed by atoms with van der Waals surface area (Å²) in [4.78, 5) is 0. The Hall–Kier alpha value is -1.51. The number of benzene rings is 1. The summed E-state index contributed by atoms with van der Waals surface area (Å²) in [5, 5.41) is 11.7. The SMILES string of the molecule is COc1ccc(C2CC(=NO)C2)cc1. The third-order valence-electron chi connectivity index (χ3n) is 2.69. The van der Waals surface area contributed by atoms with Crippen LogP contribution in [0.3, 0.4) is 0 Å². The molecule has 1 N–H and O–H groups in total. The van der Waals surface area contributed by atoms with Crippen LogP contribution in [0.4, 0.5) is 0 Å². The molecule has 0 unspecified atom stereocenters. The Morgan fingerprint density at radius 2 is 1.93 bits per heavy atom. The normalized spacial score (nSPS) is 20.1. The van der Waals surface area contributed by atoms with E-state index in [2.05, 4.69) is 17.3 Å². The highest BCUT2D eigenvalue weighted by Gasteiger charge is 2.26. The van der Waals surface area contributed by atoms with Crippen LogP contribution in [0.2, 0.25) is 0 Å². The van der Waals surface area contributed by atoms with Gasteiger partial charge in [0, 0.05) is 0 Å². The maximum atomic E-state index is 8.50. The van der Waals surface area contributed by atoms with Gasteiger partial charge in [0.2, 0.25) is 0 Å². The first-order valence-electron chi connectivity index (χ1n) is 4.67. The summed E-state index contributed by atoms with van der Waals surface area (Å²) in [6.45, 7) is 0. The molecule has 0 heterocycles. The van der Waals surface area contributed by atoms with Gasteiger partial charge in [-0.1, -0.05) is 17.3 Å². The molecule has 0 bridgehead atoms. The van der Waals surface area contributed by atoms with Crippen molar-refractivity contribution >= 4 is 5.71 Å². The lowest BCUT2D eigenvalue weighted by atomic mass is 9.78. The summed E-state index contributed by atoms with van der Waals surface area (Å²) >= 11 is 0. The number of hydrogen-bond acceptors (Lipinski definition) is 3. The molecule has 0 atom stereocenters. The smallest absolute Gasteiger partial charge is 0.118 e. The first kappa shape index (κ1) is 9.06. The van der Waals surface area contributed by atoms with Crippen molar-refractivity contribution in [3.8, 4) is 5.75 Å². The van der Waals surface area contributed by atoms with Crippen molar-refractivity contribution in [3.05, 3.63) is 29.8 Å². The number of rotatable bonds is 2. The zero-order chi connectivity index (χ0) is 9.97. The van der Waals surface area contributed by atoms with Crippen molar-refractivity contribution in [3.63, 3.8) is 0 Å². The predicted molar refractivity (Wildman–Crippen MR) is 54.2 cm³/mol. The van der Waals surface area contributed by atoms with Crippen LogP contribution in [0, 0.1) is 0 Å². The van der Waals surface area contributed by atoms with E-state index in [1.165, 1.54) is 5.56 Å². The highest BCUT2D eigenvalue weighted by Crippen LogP contribution is 2.34. The molecule has 0 saturated heterocycles. The van der Waals surface area contributed by atoms with Crippen LogP contribution in [0.1, 0.15) is 24.3 Å². The van der Waals surface area contributed by atoms with E-state index in [0.29, 0.717) is 5.92 Å². The summed E-state index contributed by atoms with van der Waals surface area (Å²) in [5.74, 6) is 1.40. The predicted octanol–water partition coefficient (Wildman–Crippen LogP) is 2.40. The van der Waals surface area contributed by atoms with Gasteiger partial charge in [0.05, 0.1) is 12.8 Å². The van der Waals surface area contributed by atoms with Crippen LogP contribution < -0.4 is 4.74 Å². The van der Waals surface area contributed by atoms with Crippen LogP contribution in [0.25, 0.3) is 0 Å². The van der Waals surface area contributed by atoms with Crippen LogP contribution in [0.15, 0.2) is 29.4 Å². The molecule has 74 valence electrons. The number of oxime groups is 1. The van der Waals surface area contributed by atoms with Gasteiger partial charge in [0.15, 0.2) is 0 Å². The molecule has 3 heteroatoms. The van der Waals surface area contributed by atoms with E-state index in [4.69, 9.17) is 9.94 Å². The van der Waals surface area contributed by atoms with Gasteiger partial charge >= 0.3 is 0 Å². The molecular weight excluding hydrogens is 178 g/mol. The highest BCUT2D eigenvalue weighted by molar-refractivity contribution is 5.91. The number of hydrogen-bond donors (Lipinski definition) is 1. The Kier molecular flexibility index (Phi) is 2.39. The van der Waals surface area contributed by atoms with E-state index in [-0.39, 0.29) is 0 Å². The largest absolute Gasteiger partial charge is 0.497 e. The fourth-order valence-corrected chi connectivity index (χ4v) is 1.70. The first-order valence-corrected chi connectivity index (χ1v) is 4.67. The minimum absolute atomic E-state index is 0.520. The summed E-state index contributed by atoms with van der Waals surface area (Å²) in [6, 6.07) is 8.06. The van der Waals surface area contributed by atoms with Crippen molar-refractivity contribution in [2.45, 2.75) is 18.8 Å². The van der Waals surface area contributed by atoms with Crippen molar-refractivity contribution in [1.82, 2.24) is 0 Å². The number of nitrogens with zero attached hydrogens (tertiary/aromatic N) is 1. The standard InChI is InChI=1S/C11H13NO2/c1-14-11-4-2-8(3-5-11)9-6-10(7-9)12-13/h2-5,9,13H,6-7H2,1H3. The van der Waals surface area contributed by atoms with Crippen LogP contribution in [-0.4, -0.2) is 18.0 Å². The van der Waals surface area contributed by atoms with E-state index >= 15 is 0 Å². The molecule has 3 nitrogen and oxygen atoms in total. The summed E-state index contributed by atoms with van der Waals surface area (Å²) < 4.78 is 5.08. The second-order valence-corrected chi connectivity index (χ2v) is 3.54. The quantitative estimate of drug-likeness (QED) is 0.576. The Morgan fingerprint density at radius 1 is 1.29 bits per heavy atom. The van der Waals surface area contributed by atoms with E-state index in [9.17, 15) is 0 Å². The minimum Gasteiger partial charge on any atom is -0.497 e. The van der Waals surface area contributed by atoms with E-state index < -0.39 is 0 Å². The molecule has 1 aromatic carbocycles. The van der Waals surface area contributed by atoms with Crippen LogP contribution in [-0.2, 0) is 0 Å². The third-order valence-corrected chi connectivity index (χ3v) is 2.69. The topological polar surface area (TPSA) is 41.8 Å². The lowest BCUT2D eigenvalue weighted by Crippen LogP contribution is -2.21. The van der Waals surface area contributed by atoms with Crippen LogP contribution >= 0.6 is 0 Å². The second kappa shape index (κ2) is 3.70. The molecule has 2 rings (SSSR count). The lowest BCUT2D eigenvalue weighted by molar-refractivity contribution is 0.311. The van der Waals surface area contributed by atoms with Gasteiger partial charge in [-0.25, -0.2) is 0 Å². The molecule has 0 spiro atoms. The Labute approximate surface area is 83.0 Å². The zero-order valence-corrected chi connectivity index (χ0v) is 8.10. The van der Waals surface area contributed by atoms with Gasteiger partial charge in [-0.05, 0) is 36.5 Å². The molecule has 14 heavy (non-hydrogen) atoms. The molecule has 1 aliphatic carbocycles. The van der Waals surface area contributed by atoms with E-state index in [1.807, 2.05) is 12.1 Å². The van der Waals surface area contributed by atoms with Gasteiger partial charge in [0.25, 0.3) is 0 Å². The molecule has 0 radical (unpaired) electrons. The van der Waals surface area contributed by atoms with E-state index in [1.54, 1.807) is 7.11 Å². The monoisotopic (exact) mass is 191 g/mol. The molecule has 1 aromatic rings. The van der Waals surface area contributed by atoms with Crippen molar-refractivity contribution in [2.75, 3.05) is 7.11 Å². The average molecular weight is 191 g/mol. The zero-order valence-electron chi connectivity index (χ0n) is 8.10. The Morgan fingerprint density at radius 3 is 2.43 bits per heavy atom. The average Bonchev–Trinajstić information content (AvgIpc) is 2.17.